The van der Waals surface area contributed by atoms with Gasteiger partial charge in [0.05, 0.1) is 19.8 Å². The molecule has 2 aliphatic rings. The van der Waals surface area contributed by atoms with Gasteiger partial charge in [0.25, 0.3) is 0 Å². The summed E-state index contributed by atoms with van der Waals surface area (Å²) in [4.78, 5) is 31.6. The maximum absolute atomic E-state index is 13.9. The van der Waals surface area contributed by atoms with Crippen molar-refractivity contribution in [2.45, 2.75) is 57.2 Å². The van der Waals surface area contributed by atoms with E-state index in [-0.39, 0.29) is 28.7 Å². The van der Waals surface area contributed by atoms with Gasteiger partial charge < -0.3 is 10.2 Å². The Morgan fingerprint density at radius 2 is 1.83 bits per heavy atom. The average Bonchev–Trinajstić information content (AvgIpc) is 3.49. The third-order valence-corrected chi connectivity index (χ3v) is 7.92. The number of carbonyl (C=O) groups is 2. The lowest BCUT2D eigenvalue weighted by Crippen LogP contribution is -2.33. The molecule has 4 rings (SSSR count). The van der Waals surface area contributed by atoms with Gasteiger partial charge in [0.2, 0.25) is 5.91 Å². The molecule has 1 aliphatic heterocycles. The minimum Gasteiger partial charge on any atom is -0.384 e. The van der Waals surface area contributed by atoms with E-state index >= 15 is 0 Å². The Hall–Kier alpha value is -2.17. The number of amides is 1. The zero-order valence-corrected chi connectivity index (χ0v) is 20.8. The highest BCUT2D eigenvalue weighted by Crippen LogP contribution is 2.43. The van der Waals surface area contributed by atoms with E-state index in [4.69, 9.17) is 28.0 Å². The Balaban J connectivity index is 1.50. The maximum Gasteiger partial charge on any atom is 0.405 e. The van der Waals surface area contributed by atoms with Crippen molar-refractivity contribution in [2.75, 3.05) is 6.54 Å². The summed E-state index contributed by atoms with van der Waals surface area (Å²) in [6.45, 7) is 0.352. The first-order valence-electron chi connectivity index (χ1n) is 10.8. The van der Waals surface area contributed by atoms with Crippen LogP contribution in [0.15, 0.2) is 17.3 Å². The molecule has 0 radical (unpaired) electrons. The van der Waals surface area contributed by atoms with Gasteiger partial charge in [0.1, 0.15) is 12.3 Å². The molecule has 1 aliphatic carbocycles. The number of carbonyl (C=O) groups excluding carboxylic acids is 2. The van der Waals surface area contributed by atoms with Crippen molar-refractivity contribution in [1.29, 1.82) is 0 Å². The van der Waals surface area contributed by atoms with Gasteiger partial charge in [-0.2, -0.15) is 13.2 Å². The van der Waals surface area contributed by atoms with Crippen LogP contribution in [0.4, 0.5) is 17.6 Å². The van der Waals surface area contributed by atoms with Gasteiger partial charge in [-0.3, -0.25) is 9.59 Å². The molecule has 2 aromatic rings. The lowest BCUT2D eigenvalue weighted by Gasteiger charge is -2.22. The lowest BCUT2D eigenvalue weighted by atomic mass is 9.90. The van der Waals surface area contributed by atoms with Crippen molar-refractivity contribution in [3.05, 3.63) is 54.4 Å². The number of hydrogen-bond donors (Lipinski definition) is 1. The van der Waals surface area contributed by atoms with Gasteiger partial charge >= 0.3 is 6.18 Å². The zero-order chi connectivity index (χ0) is 25.5. The largest absolute Gasteiger partial charge is 0.405 e. The molecule has 0 spiro atoms. The van der Waals surface area contributed by atoms with E-state index in [1.807, 2.05) is 0 Å². The SMILES string of the molecule is C[C@@]1(c2cc(Cl)c(F)c(Cl)c2)CC(c2sc(C(=O)CCC(=O)NCC(F)(F)F)c3c2CCC3)=NO1. The normalized spacial score (nSPS) is 19.3. The van der Waals surface area contributed by atoms with Crippen LogP contribution in [0.5, 0.6) is 0 Å². The number of oxime groups is 1. The second kappa shape index (κ2) is 9.71. The number of benzene rings is 1. The number of rotatable bonds is 7. The van der Waals surface area contributed by atoms with E-state index in [0.717, 1.165) is 28.8 Å². The fourth-order valence-electron chi connectivity index (χ4n) is 4.23. The predicted molar refractivity (Wildman–Crippen MR) is 125 cm³/mol. The zero-order valence-electron chi connectivity index (χ0n) is 18.5. The Bertz CT molecular complexity index is 1210. The Morgan fingerprint density at radius 3 is 2.49 bits per heavy atom. The molecule has 35 heavy (non-hydrogen) atoms. The average molecular weight is 551 g/mol. The van der Waals surface area contributed by atoms with Crippen LogP contribution in [0, 0.1) is 5.82 Å². The quantitative estimate of drug-likeness (QED) is 0.247. The summed E-state index contributed by atoms with van der Waals surface area (Å²) in [6.07, 6.45) is -2.38. The Morgan fingerprint density at radius 1 is 1.17 bits per heavy atom. The molecule has 2 heterocycles. The van der Waals surface area contributed by atoms with Gasteiger partial charge in [-0.05, 0) is 49.4 Å². The van der Waals surface area contributed by atoms with Crippen LogP contribution in [0.25, 0.3) is 0 Å². The number of thiophene rings is 1. The number of halogens is 6. The molecule has 188 valence electrons. The monoisotopic (exact) mass is 550 g/mol. The molecule has 0 fully saturated rings. The van der Waals surface area contributed by atoms with Gasteiger partial charge in [0.15, 0.2) is 17.2 Å². The van der Waals surface area contributed by atoms with Gasteiger partial charge in [-0.25, -0.2) is 4.39 Å². The van der Waals surface area contributed by atoms with Crippen molar-refractivity contribution in [2.24, 2.45) is 5.16 Å². The van der Waals surface area contributed by atoms with E-state index < -0.39 is 30.0 Å². The number of ketones is 1. The molecule has 12 heteroatoms. The fourth-order valence-corrected chi connectivity index (χ4v) is 6.06. The van der Waals surface area contributed by atoms with Crippen LogP contribution in [-0.4, -0.2) is 30.1 Å². The molecule has 0 saturated heterocycles. The van der Waals surface area contributed by atoms with Crippen LogP contribution < -0.4 is 5.32 Å². The summed E-state index contributed by atoms with van der Waals surface area (Å²) in [6, 6.07) is 2.89. The van der Waals surface area contributed by atoms with Crippen LogP contribution >= 0.6 is 34.5 Å². The van der Waals surface area contributed by atoms with Crippen molar-refractivity contribution >= 4 is 51.9 Å². The van der Waals surface area contributed by atoms with Crippen molar-refractivity contribution in [1.82, 2.24) is 5.32 Å². The first-order chi connectivity index (χ1) is 16.4. The van der Waals surface area contributed by atoms with Gasteiger partial charge in [-0.1, -0.05) is 28.4 Å². The molecule has 5 nitrogen and oxygen atoms in total. The Kier molecular flexibility index (Phi) is 7.19. The molecule has 1 aromatic heterocycles. The Labute approximate surface area is 212 Å². The van der Waals surface area contributed by atoms with E-state index in [9.17, 15) is 27.2 Å². The highest BCUT2D eigenvalue weighted by atomic mass is 35.5. The maximum atomic E-state index is 13.9. The smallest absolute Gasteiger partial charge is 0.384 e. The standard InChI is InChI=1S/C23H20Cl2F4N2O3S/c1-22(11-7-14(24)19(26)15(25)8-11)9-16(31-34-22)20-12-3-2-4-13(12)21(35-20)17(32)5-6-18(33)30-10-23(27,28)29/h7-8H,2-6,9-10H2,1H3,(H,30,33)/t22-/m0/s1. The summed E-state index contributed by atoms with van der Waals surface area (Å²) < 4.78 is 50.7. The van der Waals surface area contributed by atoms with Crippen molar-refractivity contribution in [3.8, 4) is 0 Å². The molecule has 1 aromatic carbocycles. The molecule has 0 bridgehead atoms. The topological polar surface area (TPSA) is 67.8 Å². The van der Waals surface area contributed by atoms with E-state index in [1.165, 1.54) is 23.5 Å². The first kappa shape index (κ1) is 25.9. The number of Topliss-reactive ketones (excluding diaryl/α,β-unsaturated/α-hetero) is 1. The highest BCUT2D eigenvalue weighted by Gasteiger charge is 2.40. The highest BCUT2D eigenvalue weighted by molar-refractivity contribution is 7.16. The van der Waals surface area contributed by atoms with Gasteiger partial charge in [0, 0.05) is 24.8 Å². The number of nitrogens with zero attached hydrogens (tertiary/aromatic N) is 1. The third kappa shape index (κ3) is 5.49. The fraction of sp³-hybridized carbons (Fsp3) is 0.435. The molecule has 0 unspecified atom stereocenters. The summed E-state index contributed by atoms with van der Waals surface area (Å²) >= 11 is 13.2. The predicted octanol–water partition coefficient (Wildman–Crippen LogP) is 6.36. The molecular formula is C23H20Cl2F4N2O3S. The minimum atomic E-state index is -4.51. The number of fused-ring (bicyclic) bond motifs is 1. The van der Waals surface area contributed by atoms with E-state index in [0.29, 0.717) is 29.0 Å². The summed E-state index contributed by atoms with van der Waals surface area (Å²) in [7, 11) is 0. The van der Waals surface area contributed by atoms with Crippen molar-refractivity contribution in [3.63, 3.8) is 0 Å². The molecule has 0 saturated carbocycles. The number of hydrogen-bond acceptors (Lipinski definition) is 5. The van der Waals surface area contributed by atoms with E-state index in [1.54, 1.807) is 12.2 Å². The second-order valence-corrected chi connectivity index (χ2v) is 10.5. The number of alkyl halides is 3. The van der Waals surface area contributed by atoms with Crippen LogP contribution in [0.1, 0.15) is 63.8 Å². The molecule has 1 amide bonds. The first-order valence-corrected chi connectivity index (χ1v) is 12.4. The third-order valence-electron chi connectivity index (χ3n) is 6.01. The van der Waals surface area contributed by atoms with Crippen LogP contribution in [0.3, 0.4) is 0 Å². The second-order valence-electron chi connectivity index (χ2n) is 8.68. The summed E-state index contributed by atoms with van der Waals surface area (Å²) in [5.41, 5.74) is 2.15. The molecule has 1 atom stereocenters. The lowest BCUT2D eigenvalue weighted by molar-refractivity contribution is -0.138. The van der Waals surface area contributed by atoms with Crippen LogP contribution in [0.2, 0.25) is 10.0 Å². The van der Waals surface area contributed by atoms with Crippen molar-refractivity contribution < 1.29 is 32.0 Å². The van der Waals surface area contributed by atoms with Gasteiger partial charge in [-0.15, -0.1) is 11.3 Å². The molecular weight excluding hydrogens is 531 g/mol. The molecule has 1 N–H and O–H groups in total. The summed E-state index contributed by atoms with van der Waals surface area (Å²) in [5, 5.41) is 5.77. The van der Waals surface area contributed by atoms with E-state index in [2.05, 4.69) is 5.16 Å². The minimum absolute atomic E-state index is 0.130. The number of nitrogens with one attached hydrogen (secondary N) is 1. The summed E-state index contributed by atoms with van der Waals surface area (Å²) in [5.74, 6) is -1.84. The van der Waals surface area contributed by atoms with Crippen LogP contribution in [-0.2, 0) is 28.1 Å².